The lowest BCUT2D eigenvalue weighted by Crippen LogP contribution is -2.41. The molecule has 0 bridgehead atoms. The second kappa shape index (κ2) is 11.0. The van der Waals surface area contributed by atoms with Gasteiger partial charge in [-0.05, 0) is 43.7 Å². The highest BCUT2D eigenvalue weighted by molar-refractivity contribution is 5.93. The molecule has 29 heavy (non-hydrogen) atoms. The summed E-state index contributed by atoms with van der Waals surface area (Å²) in [5, 5.41) is 6.38. The quantitative estimate of drug-likeness (QED) is 0.528. The van der Waals surface area contributed by atoms with Crippen molar-refractivity contribution in [3.05, 3.63) is 65.5 Å². The molecule has 0 radical (unpaired) electrons. The molecule has 2 N–H and O–H groups in total. The summed E-state index contributed by atoms with van der Waals surface area (Å²) in [4.78, 5) is 18.1. The predicted octanol–water partition coefficient (Wildman–Crippen LogP) is 3.05. The van der Waals surface area contributed by atoms with E-state index in [1.54, 1.807) is 49.3 Å². The van der Waals surface area contributed by atoms with Gasteiger partial charge < -0.3 is 20.3 Å². The minimum atomic E-state index is -0.379. The lowest BCUT2D eigenvalue weighted by Gasteiger charge is -2.18. The number of ether oxygens (including phenoxy) is 1. The maximum Gasteiger partial charge on any atom is 0.253 e. The first-order valence-electron chi connectivity index (χ1n) is 9.64. The van der Waals surface area contributed by atoms with Gasteiger partial charge in [-0.25, -0.2) is 9.38 Å². The summed E-state index contributed by atoms with van der Waals surface area (Å²) < 4.78 is 19.3. The number of hydrogen-bond donors (Lipinski definition) is 2. The summed E-state index contributed by atoms with van der Waals surface area (Å²) in [7, 11) is 3.46. The molecule has 6 nitrogen and oxygen atoms in total. The van der Waals surface area contributed by atoms with Crippen molar-refractivity contribution in [3.63, 3.8) is 0 Å². The van der Waals surface area contributed by atoms with Crippen molar-refractivity contribution in [1.29, 1.82) is 0 Å². The summed E-state index contributed by atoms with van der Waals surface area (Å²) in [6.07, 6.45) is -0.243. The highest BCUT2D eigenvalue weighted by Crippen LogP contribution is 2.16. The molecule has 156 valence electrons. The first-order chi connectivity index (χ1) is 13.9. The maximum absolute atomic E-state index is 13.7. The van der Waals surface area contributed by atoms with Gasteiger partial charge in [0.25, 0.3) is 5.91 Å². The van der Waals surface area contributed by atoms with Gasteiger partial charge in [0.1, 0.15) is 6.10 Å². The highest BCUT2D eigenvalue weighted by atomic mass is 19.1. The number of nitrogens with one attached hydrogen (secondary N) is 2. The first-order valence-corrected chi connectivity index (χ1v) is 9.64. The maximum atomic E-state index is 13.7. The molecule has 2 aromatic carbocycles. The molecule has 0 aliphatic heterocycles. The Kier molecular flexibility index (Phi) is 8.45. The minimum Gasteiger partial charge on any atom is -0.486 e. The van der Waals surface area contributed by atoms with Crippen LogP contribution in [-0.4, -0.2) is 50.1 Å². The fraction of sp³-hybridized carbons (Fsp3) is 0.364. The van der Waals surface area contributed by atoms with E-state index in [2.05, 4.69) is 15.6 Å². The van der Waals surface area contributed by atoms with E-state index in [0.717, 1.165) is 5.56 Å². The third-order valence-electron chi connectivity index (χ3n) is 4.09. The molecule has 0 aliphatic rings. The summed E-state index contributed by atoms with van der Waals surface area (Å²) in [6.45, 7) is 5.50. The number of carbonyl (C=O) groups is 1. The summed E-state index contributed by atoms with van der Waals surface area (Å²) >= 11 is 0. The van der Waals surface area contributed by atoms with Crippen LogP contribution in [0.1, 0.15) is 29.8 Å². The fourth-order valence-electron chi connectivity index (χ4n) is 2.56. The van der Waals surface area contributed by atoms with Crippen LogP contribution < -0.4 is 15.4 Å². The van der Waals surface area contributed by atoms with Gasteiger partial charge in [0.15, 0.2) is 17.5 Å². The molecule has 2 rings (SSSR count). The Morgan fingerprint density at radius 2 is 1.83 bits per heavy atom. The largest absolute Gasteiger partial charge is 0.486 e. The molecule has 1 amide bonds. The van der Waals surface area contributed by atoms with E-state index in [-0.39, 0.29) is 23.6 Å². The average Bonchev–Trinajstić information content (AvgIpc) is 2.71. The molecule has 0 spiro atoms. The smallest absolute Gasteiger partial charge is 0.253 e. The van der Waals surface area contributed by atoms with Gasteiger partial charge in [-0.2, -0.15) is 0 Å². The first kappa shape index (κ1) is 22.2. The van der Waals surface area contributed by atoms with Crippen molar-refractivity contribution >= 4 is 11.9 Å². The third kappa shape index (κ3) is 7.10. The van der Waals surface area contributed by atoms with Crippen LogP contribution in [0.15, 0.2) is 53.5 Å². The monoisotopic (exact) mass is 400 g/mol. The van der Waals surface area contributed by atoms with Crippen LogP contribution in [0.4, 0.5) is 4.39 Å². The molecule has 2 aromatic rings. The number of nitrogens with zero attached hydrogens (tertiary/aromatic N) is 2. The van der Waals surface area contributed by atoms with Gasteiger partial charge in [0.05, 0.1) is 13.1 Å². The average molecular weight is 400 g/mol. The summed E-state index contributed by atoms with van der Waals surface area (Å²) in [6, 6.07) is 13.7. The Labute approximate surface area is 171 Å². The van der Waals surface area contributed by atoms with Crippen molar-refractivity contribution in [3.8, 4) is 5.75 Å². The Balaban J connectivity index is 1.92. The van der Waals surface area contributed by atoms with E-state index in [0.29, 0.717) is 31.2 Å². The number of halogens is 1. The van der Waals surface area contributed by atoms with Gasteiger partial charge in [-0.15, -0.1) is 0 Å². The highest BCUT2D eigenvalue weighted by Gasteiger charge is 2.09. The van der Waals surface area contributed by atoms with Crippen LogP contribution in [0.3, 0.4) is 0 Å². The second-order valence-electron chi connectivity index (χ2n) is 6.83. The predicted molar refractivity (Wildman–Crippen MR) is 114 cm³/mol. The molecular weight excluding hydrogens is 371 g/mol. The molecule has 0 fully saturated rings. The van der Waals surface area contributed by atoms with Crippen LogP contribution in [0.25, 0.3) is 0 Å². The van der Waals surface area contributed by atoms with Crippen molar-refractivity contribution < 1.29 is 13.9 Å². The Morgan fingerprint density at radius 1 is 1.14 bits per heavy atom. The van der Waals surface area contributed by atoms with Crippen LogP contribution in [0.2, 0.25) is 0 Å². The standard InChI is InChI=1S/C22H29FN4O2/c1-5-24-22(25-14-16(2)29-20-9-7-6-8-19(20)23)26-15-17-10-12-18(13-11-17)21(28)27(3)4/h6-13,16H,5,14-15H2,1-4H3,(H2,24,25,26). The zero-order valence-electron chi connectivity index (χ0n) is 17.4. The fourth-order valence-corrected chi connectivity index (χ4v) is 2.56. The van der Waals surface area contributed by atoms with Gasteiger partial charge in [0.2, 0.25) is 0 Å². The number of hydrogen-bond acceptors (Lipinski definition) is 3. The van der Waals surface area contributed by atoms with Crippen molar-refractivity contribution in [1.82, 2.24) is 15.5 Å². The van der Waals surface area contributed by atoms with Gasteiger partial charge in [-0.3, -0.25) is 4.79 Å². The second-order valence-corrected chi connectivity index (χ2v) is 6.83. The molecular formula is C22H29FN4O2. The van der Waals surface area contributed by atoms with E-state index in [4.69, 9.17) is 4.74 Å². The number of carbonyl (C=O) groups excluding carboxylic acids is 1. The molecule has 1 unspecified atom stereocenters. The number of benzene rings is 2. The minimum absolute atomic E-state index is 0.0288. The molecule has 7 heteroatoms. The van der Waals surface area contributed by atoms with Gasteiger partial charge in [-0.1, -0.05) is 24.3 Å². The van der Waals surface area contributed by atoms with Gasteiger partial charge in [0, 0.05) is 26.2 Å². The van der Waals surface area contributed by atoms with Crippen molar-refractivity contribution in [2.75, 3.05) is 27.2 Å². The number of amides is 1. The normalized spacial score (nSPS) is 12.2. The summed E-state index contributed by atoms with van der Waals surface area (Å²) in [5.41, 5.74) is 1.64. The lowest BCUT2D eigenvalue weighted by molar-refractivity contribution is 0.0827. The molecule has 0 heterocycles. The van der Waals surface area contributed by atoms with E-state index in [1.807, 2.05) is 26.0 Å². The van der Waals surface area contributed by atoms with Crippen LogP contribution in [-0.2, 0) is 6.54 Å². The molecule has 0 saturated heterocycles. The van der Waals surface area contributed by atoms with Crippen LogP contribution in [0.5, 0.6) is 5.75 Å². The van der Waals surface area contributed by atoms with E-state index < -0.39 is 0 Å². The summed E-state index contributed by atoms with van der Waals surface area (Å²) in [5.74, 6) is 0.469. The third-order valence-corrected chi connectivity index (χ3v) is 4.09. The van der Waals surface area contributed by atoms with Crippen LogP contribution in [0, 0.1) is 5.82 Å². The molecule has 0 saturated carbocycles. The Bertz CT molecular complexity index is 822. The number of aliphatic imine (C=N–C) groups is 1. The van der Waals surface area contributed by atoms with Crippen LogP contribution >= 0.6 is 0 Å². The Hall–Kier alpha value is -3.09. The van der Waals surface area contributed by atoms with Gasteiger partial charge >= 0.3 is 0 Å². The molecule has 1 atom stereocenters. The van der Waals surface area contributed by atoms with E-state index >= 15 is 0 Å². The zero-order chi connectivity index (χ0) is 21.2. The SMILES string of the molecule is CCNC(=NCc1ccc(C(=O)N(C)C)cc1)NCC(C)Oc1ccccc1F. The number of rotatable bonds is 8. The van der Waals surface area contributed by atoms with Crippen molar-refractivity contribution in [2.24, 2.45) is 4.99 Å². The number of guanidine groups is 1. The lowest BCUT2D eigenvalue weighted by atomic mass is 10.1. The molecule has 0 aromatic heterocycles. The number of para-hydroxylation sites is 1. The topological polar surface area (TPSA) is 66.0 Å². The zero-order valence-corrected chi connectivity index (χ0v) is 17.4. The van der Waals surface area contributed by atoms with E-state index in [9.17, 15) is 9.18 Å². The Morgan fingerprint density at radius 3 is 2.45 bits per heavy atom. The van der Waals surface area contributed by atoms with E-state index in [1.165, 1.54) is 6.07 Å². The van der Waals surface area contributed by atoms with Crippen molar-refractivity contribution in [2.45, 2.75) is 26.5 Å². The molecule has 0 aliphatic carbocycles.